The van der Waals surface area contributed by atoms with Gasteiger partial charge in [0.2, 0.25) is 0 Å². The van der Waals surface area contributed by atoms with E-state index in [0.29, 0.717) is 16.8 Å². The van der Waals surface area contributed by atoms with Gasteiger partial charge in [-0.25, -0.2) is 0 Å². The molecule has 1 atom stereocenters. The van der Waals surface area contributed by atoms with Crippen LogP contribution in [0.4, 0.5) is 5.69 Å². The summed E-state index contributed by atoms with van der Waals surface area (Å²) in [6, 6.07) is 11.6. The van der Waals surface area contributed by atoms with Crippen molar-refractivity contribution in [2.45, 2.75) is 26.3 Å². The number of hydrogen-bond donors (Lipinski definition) is 2. The lowest BCUT2D eigenvalue weighted by molar-refractivity contribution is 0.0939. The van der Waals surface area contributed by atoms with Crippen LogP contribution in [0.5, 0.6) is 0 Å². The second-order valence-electron chi connectivity index (χ2n) is 5.36. The van der Waals surface area contributed by atoms with E-state index in [9.17, 15) is 9.59 Å². The third kappa shape index (κ3) is 4.40. The molecule has 2 aromatic rings. The summed E-state index contributed by atoms with van der Waals surface area (Å²) in [5.41, 5.74) is 1.45. The molecule has 6 nitrogen and oxygen atoms in total. The first-order valence-electron chi connectivity index (χ1n) is 7.62. The molecule has 0 aliphatic carbocycles. The fraction of sp³-hybridized carbons (Fsp3) is 0.222. The molecule has 1 aromatic heterocycles. The number of carbonyl (C=O) groups excluding carboxylic acids is 2. The van der Waals surface area contributed by atoms with Crippen LogP contribution in [0.25, 0.3) is 0 Å². The highest BCUT2D eigenvalue weighted by atomic mass is 16.2. The number of nitrogens with one attached hydrogen (secondary N) is 2. The summed E-state index contributed by atoms with van der Waals surface area (Å²) in [7, 11) is 0. The van der Waals surface area contributed by atoms with Gasteiger partial charge in [0.25, 0.3) is 11.8 Å². The molecule has 0 bridgehead atoms. The Hall–Kier alpha value is -3.20. The van der Waals surface area contributed by atoms with E-state index in [2.05, 4.69) is 15.6 Å². The van der Waals surface area contributed by atoms with Gasteiger partial charge in [0, 0.05) is 23.5 Å². The van der Waals surface area contributed by atoms with Gasteiger partial charge in [-0.2, -0.15) is 5.26 Å². The molecule has 0 saturated heterocycles. The summed E-state index contributed by atoms with van der Waals surface area (Å²) in [5.74, 6) is -0.685. The van der Waals surface area contributed by atoms with Crippen LogP contribution in [0.2, 0.25) is 0 Å². The molecule has 0 spiro atoms. The van der Waals surface area contributed by atoms with Crippen molar-refractivity contribution in [1.82, 2.24) is 10.3 Å². The number of nitriles is 1. The predicted octanol–water partition coefficient (Wildman–Crippen LogP) is 2.73. The number of amides is 2. The first kappa shape index (κ1) is 17.2. The highest BCUT2D eigenvalue weighted by Crippen LogP contribution is 2.12. The standard InChI is InChI=1S/C18H18N4O2/c1-3-12(2)21-17(23)14-7-8-20-16(10-14)18(24)22-15-6-4-5-13(9-15)11-19/h4-10,12H,3H2,1-2H3,(H,21,23)(H,22,24). The van der Waals surface area contributed by atoms with Gasteiger partial charge in [-0.05, 0) is 43.7 Å². The first-order valence-corrected chi connectivity index (χ1v) is 7.62. The van der Waals surface area contributed by atoms with Crippen LogP contribution < -0.4 is 10.6 Å². The molecule has 0 aliphatic heterocycles. The third-order valence-corrected chi connectivity index (χ3v) is 3.49. The highest BCUT2D eigenvalue weighted by molar-refractivity contribution is 6.04. The van der Waals surface area contributed by atoms with Crippen molar-refractivity contribution in [2.24, 2.45) is 0 Å². The molecule has 1 heterocycles. The first-order chi connectivity index (χ1) is 11.5. The summed E-state index contributed by atoms with van der Waals surface area (Å²) in [5, 5.41) is 14.4. The number of aromatic nitrogens is 1. The second-order valence-corrected chi connectivity index (χ2v) is 5.36. The number of hydrogen-bond acceptors (Lipinski definition) is 4. The van der Waals surface area contributed by atoms with Crippen LogP contribution in [0.1, 0.15) is 46.7 Å². The van der Waals surface area contributed by atoms with Gasteiger partial charge in [-0.1, -0.05) is 13.0 Å². The molecular formula is C18H18N4O2. The number of benzene rings is 1. The molecule has 122 valence electrons. The van der Waals surface area contributed by atoms with Gasteiger partial charge in [0.1, 0.15) is 5.69 Å². The Labute approximate surface area is 140 Å². The van der Waals surface area contributed by atoms with Crippen LogP contribution >= 0.6 is 0 Å². The average molecular weight is 322 g/mol. The zero-order valence-corrected chi connectivity index (χ0v) is 13.5. The number of nitrogens with zero attached hydrogens (tertiary/aromatic N) is 2. The lowest BCUT2D eigenvalue weighted by Gasteiger charge is -2.11. The van der Waals surface area contributed by atoms with Crippen molar-refractivity contribution in [3.05, 3.63) is 59.4 Å². The van der Waals surface area contributed by atoms with Gasteiger partial charge in [0.05, 0.1) is 11.6 Å². The van der Waals surface area contributed by atoms with Gasteiger partial charge in [-0.15, -0.1) is 0 Å². The van der Waals surface area contributed by atoms with Gasteiger partial charge < -0.3 is 10.6 Å². The lowest BCUT2D eigenvalue weighted by Crippen LogP contribution is -2.32. The molecule has 6 heteroatoms. The van der Waals surface area contributed by atoms with Crippen molar-refractivity contribution in [3.8, 4) is 6.07 Å². The lowest BCUT2D eigenvalue weighted by atomic mass is 10.1. The largest absolute Gasteiger partial charge is 0.350 e. The minimum Gasteiger partial charge on any atom is -0.350 e. The van der Waals surface area contributed by atoms with Crippen LogP contribution in [-0.4, -0.2) is 22.8 Å². The Morgan fingerprint density at radius 1 is 1.25 bits per heavy atom. The van der Waals surface area contributed by atoms with E-state index in [0.717, 1.165) is 6.42 Å². The van der Waals surface area contributed by atoms with Gasteiger partial charge in [-0.3, -0.25) is 14.6 Å². The molecular weight excluding hydrogens is 304 g/mol. The number of carbonyl (C=O) groups is 2. The summed E-state index contributed by atoms with van der Waals surface area (Å²) in [6.45, 7) is 3.89. The van der Waals surface area contributed by atoms with E-state index in [1.54, 1.807) is 30.3 Å². The van der Waals surface area contributed by atoms with E-state index < -0.39 is 5.91 Å². The van der Waals surface area contributed by atoms with E-state index in [-0.39, 0.29) is 17.6 Å². The van der Waals surface area contributed by atoms with Crippen molar-refractivity contribution >= 4 is 17.5 Å². The summed E-state index contributed by atoms with van der Waals surface area (Å²) in [4.78, 5) is 28.4. The van der Waals surface area contributed by atoms with Crippen molar-refractivity contribution < 1.29 is 9.59 Å². The van der Waals surface area contributed by atoms with Crippen LogP contribution in [0.3, 0.4) is 0 Å². The molecule has 0 aliphatic rings. The normalized spacial score (nSPS) is 11.2. The maximum atomic E-state index is 12.3. The number of pyridine rings is 1. The molecule has 2 N–H and O–H groups in total. The van der Waals surface area contributed by atoms with E-state index >= 15 is 0 Å². The van der Waals surface area contributed by atoms with Gasteiger partial charge >= 0.3 is 0 Å². The zero-order valence-electron chi connectivity index (χ0n) is 13.5. The van der Waals surface area contributed by atoms with Gasteiger partial charge in [0.15, 0.2) is 0 Å². The summed E-state index contributed by atoms with van der Waals surface area (Å²) >= 11 is 0. The third-order valence-electron chi connectivity index (χ3n) is 3.49. The molecule has 1 aromatic carbocycles. The second kappa shape index (κ2) is 7.88. The van der Waals surface area contributed by atoms with Crippen LogP contribution in [0.15, 0.2) is 42.6 Å². The molecule has 24 heavy (non-hydrogen) atoms. The van der Waals surface area contributed by atoms with E-state index in [4.69, 9.17) is 5.26 Å². The maximum absolute atomic E-state index is 12.3. The Morgan fingerprint density at radius 2 is 2.04 bits per heavy atom. The van der Waals surface area contributed by atoms with Crippen molar-refractivity contribution in [2.75, 3.05) is 5.32 Å². The predicted molar refractivity (Wildman–Crippen MR) is 90.6 cm³/mol. The maximum Gasteiger partial charge on any atom is 0.274 e. The van der Waals surface area contributed by atoms with Crippen molar-refractivity contribution in [3.63, 3.8) is 0 Å². The van der Waals surface area contributed by atoms with Crippen LogP contribution in [0, 0.1) is 11.3 Å². The quantitative estimate of drug-likeness (QED) is 0.885. The number of anilines is 1. The molecule has 1 unspecified atom stereocenters. The number of rotatable bonds is 5. The SMILES string of the molecule is CCC(C)NC(=O)c1ccnc(C(=O)Nc2cccc(C#N)c2)c1. The van der Waals surface area contributed by atoms with Crippen molar-refractivity contribution in [1.29, 1.82) is 5.26 Å². The fourth-order valence-electron chi connectivity index (χ4n) is 1.97. The highest BCUT2D eigenvalue weighted by Gasteiger charge is 2.13. The summed E-state index contributed by atoms with van der Waals surface area (Å²) < 4.78 is 0. The molecule has 0 saturated carbocycles. The Balaban J connectivity index is 2.14. The zero-order chi connectivity index (χ0) is 17.5. The van der Waals surface area contributed by atoms with E-state index in [1.807, 2.05) is 19.9 Å². The van der Waals surface area contributed by atoms with E-state index in [1.165, 1.54) is 12.3 Å². The monoisotopic (exact) mass is 322 g/mol. The van der Waals surface area contributed by atoms with Crippen LogP contribution in [-0.2, 0) is 0 Å². The summed E-state index contributed by atoms with van der Waals surface area (Å²) in [6.07, 6.45) is 2.24. The Bertz CT molecular complexity index is 796. The minimum atomic E-state index is -0.441. The fourth-order valence-corrected chi connectivity index (χ4v) is 1.97. The molecule has 2 rings (SSSR count). The average Bonchev–Trinajstić information content (AvgIpc) is 2.61. The Kier molecular flexibility index (Phi) is 5.63. The Morgan fingerprint density at radius 3 is 2.75 bits per heavy atom. The molecule has 0 fully saturated rings. The topological polar surface area (TPSA) is 94.9 Å². The molecule has 0 radical (unpaired) electrons. The minimum absolute atomic E-state index is 0.0525. The molecule has 2 amide bonds. The smallest absolute Gasteiger partial charge is 0.274 e.